The lowest BCUT2D eigenvalue weighted by atomic mass is 10.00. The molecule has 0 radical (unpaired) electrons. The minimum atomic E-state index is 0.230. The van der Waals surface area contributed by atoms with Gasteiger partial charge in [0.2, 0.25) is 0 Å². The van der Waals surface area contributed by atoms with E-state index in [9.17, 15) is 0 Å². The van der Waals surface area contributed by atoms with Crippen LogP contribution in [0.2, 0.25) is 0 Å². The van der Waals surface area contributed by atoms with Gasteiger partial charge < -0.3 is 9.47 Å². The summed E-state index contributed by atoms with van der Waals surface area (Å²) in [6.07, 6.45) is 3.73. The maximum atomic E-state index is 5.83. The Hall–Kier alpha value is -0.120. The summed E-state index contributed by atoms with van der Waals surface area (Å²) in [5.41, 5.74) is 0.230. The van der Waals surface area contributed by atoms with E-state index in [1.165, 1.54) is 25.8 Å². The quantitative estimate of drug-likeness (QED) is 0.651. The Morgan fingerprint density at radius 1 is 1.46 bits per heavy atom. The fourth-order valence-electron chi connectivity index (χ4n) is 2.42. The van der Waals surface area contributed by atoms with Gasteiger partial charge in [0.1, 0.15) is 0 Å². The standard InChI is InChI=1S/C10H19NO2/c1-12-8-6-11-5-4-10(9-11)3-2-7-13-10/h2-9H2,1H3. The lowest BCUT2D eigenvalue weighted by molar-refractivity contribution is 0.0111. The van der Waals surface area contributed by atoms with Crippen molar-refractivity contribution in [2.75, 3.05) is 40.0 Å². The van der Waals surface area contributed by atoms with E-state index in [2.05, 4.69) is 4.90 Å². The summed E-state index contributed by atoms with van der Waals surface area (Å²) >= 11 is 0. The summed E-state index contributed by atoms with van der Waals surface area (Å²) in [5.74, 6) is 0. The molecule has 3 nitrogen and oxygen atoms in total. The van der Waals surface area contributed by atoms with Crippen LogP contribution in [0.1, 0.15) is 19.3 Å². The van der Waals surface area contributed by atoms with Crippen LogP contribution >= 0.6 is 0 Å². The molecule has 1 unspecified atom stereocenters. The molecule has 2 rings (SSSR count). The smallest absolute Gasteiger partial charge is 0.0821 e. The molecular weight excluding hydrogens is 166 g/mol. The summed E-state index contributed by atoms with van der Waals surface area (Å²) in [5, 5.41) is 0. The van der Waals surface area contributed by atoms with E-state index in [1.54, 1.807) is 7.11 Å². The van der Waals surface area contributed by atoms with Crippen molar-refractivity contribution in [3.63, 3.8) is 0 Å². The van der Waals surface area contributed by atoms with Gasteiger partial charge >= 0.3 is 0 Å². The Bertz CT molecular complexity index is 166. The van der Waals surface area contributed by atoms with Gasteiger partial charge in [0, 0.05) is 33.4 Å². The van der Waals surface area contributed by atoms with Crippen molar-refractivity contribution in [1.29, 1.82) is 0 Å². The van der Waals surface area contributed by atoms with Crippen LogP contribution < -0.4 is 0 Å². The van der Waals surface area contributed by atoms with Gasteiger partial charge in [-0.05, 0) is 19.3 Å². The lowest BCUT2D eigenvalue weighted by Crippen LogP contribution is -2.33. The maximum Gasteiger partial charge on any atom is 0.0821 e. The topological polar surface area (TPSA) is 21.7 Å². The molecule has 1 atom stereocenters. The molecule has 3 heteroatoms. The van der Waals surface area contributed by atoms with Crippen molar-refractivity contribution in [2.24, 2.45) is 0 Å². The van der Waals surface area contributed by atoms with Gasteiger partial charge in [0.15, 0.2) is 0 Å². The molecule has 0 aliphatic carbocycles. The lowest BCUT2D eigenvalue weighted by Gasteiger charge is -2.22. The monoisotopic (exact) mass is 185 g/mol. The van der Waals surface area contributed by atoms with Crippen LogP contribution in [0.3, 0.4) is 0 Å². The van der Waals surface area contributed by atoms with E-state index in [0.717, 1.165) is 26.3 Å². The fourth-order valence-corrected chi connectivity index (χ4v) is 2.42. The molecule has 2 saturated heterocycles. The van der Waals surface area contributed by atoms with Crippen molar-refractivity contribution >= 4 is 0 Å². The minimum Gasteiger partial charge on any atom is -0.383 e. The van der Waals surface area contributed by atoms with Crippen molar-refractivity contribution in [2.45, 2.75) is 24.9 Å². The first-order valence-corrected chi connectivity index (χ1v) is 5.20. The third kappa shape index (κ3) is 2.03. The highest BCUT2D eigenvalue weighted by Gasteiger charge is 2.41. The van der Waals surface area contributed by atoms with Crippen LogP contribution in [-0.4, -0.2) is 50.5 Å². The number of hydrogen-bond acceptors (Lipinski definition) is 3. The van der Waals surface area contributed by atoms with Crippen LogP contribution in [-0.2, 0) is 9.47 Å². The Balaban J connectivity index is 1.79. The van der Waals surface area contributed by atoms with Crippen LogP contribution in [0, 0.1) is 0 Å². The third-order valence-electron chi connectivity index (χ3n) is 3.19. The van der Waals surface area contributed by atoms with Gasteiger partial charge in [-0.15, -0.1) is 0 Å². The largest absolute Gasteiger partial charge is 0.383 e. The molecule has 0 N–H and O–H groups in total. The Morgan fingerprint density at radius 3 is 3.08 bits per heavy atom. The normalized spacial score (nSPS) is 34.8. The van der Waals surface area contributed by atoms with E-state index < -0.39 is 0 Å². The summed E-state index contributed by atoms with van der Waals surface area (Å²) in [6.45, 7) is 5.18. The summed E-state index contributed by atoms with van der Waals surface area (Å²) in [6, 6.07) is 0. The summed E-state index contributed by atoms with van der Waals surface area (Å²) < 4.78 is 10.9. The number of rotatable bonds is 3. The van der Waals surface area contributed by atoms with Gasteiger partial charge in [-0.2, -0.15) is 0 Å². The van der Waals surface area contributed by atoms with Gasteiger partial charge in [-0.1, -0.05) is 0 Å². The molecule has 0 aromatic carbocycles. The van der Waals surface area contributed by atoms with Crippen LogP contribution in [0.25, 0.3) is 0 Å². The van der Waals surface area contributed by atoms with Gasteiger partial charge in [0.25, 0.3) is 0 Å². The molecule has 2 fully saturated rings. The van der Waals surface area contributed by atoms with Crippen molar-refractivity contribution in [3.8, 4) is 0 Å². The average Bonchev–Trinajstić information content (AvgIpc) is 2.74. The number of ether oxygens (including phenoxy) is 2. The first-order valence-electron chi connectivity index (χ1n) is 5.20. The second kappa shape index (κ2) is 3.95. The molecule has 0 amide bonds. The van der Waals surface area contributed by atoms with E-state index in [-0.39, 0.29) is 5.60 Å². The van der Waals surface area contributed by atoms with E-state index in [0.29, 0.717) is 0 Å². The zero-order valence-corrected chi connectivity index (χ0v) is 8.42. The third-order valence-corrected chi connectivity index (χ3v) is 3.19. The molecule has 13 heavy (non-hydrogen) atoms. The zero-order valence-electron chi connectivity index (χ0n) is 8.42. The Kier molecular flexibility index (Phi) is 2.86. The van der Waals surface area contributed by atoms with Crippen molar-refractivity contribution in [3.05, 3.63) is 0 Å². The minimum absolute atomic E-state index is 0.230. The molecular formula is C10H19NO2. The molecule has 0 saturated carbocycles. The Morgan fingerprint density at radius 2 is 2.38 bits per heavy atom. The second-order valence-electron chi connectivity index (χ2n) is 4.15. The van der Waals surface area contributed by atoms with Gasteiger partial charge in [-0.25, -0.2) is 0 Å². The molecule has 0 bridgehead atoms. The maximum absolute atomic E-state index is 5.83. The predicted octanol–water partition coefficient (Wildman–Crippen LogP) is 0.888. The fraction of sp³-hybridized carbons (Fsp3) is 1.00. The highest BCUT2D eigenvalue weighted by Crippen LogP contribution is 2.34. The number of hydrogen-bond donors (Lipinski definition) is 0. The van der Waals surface area contributed by atoms with Crippen LogP contribution in [0.5, 0.6) is 0 Å². The van der Waals surface area contributed by atoms with Crippen LogP contribution in [0.4, 0.5) is 0 Å². The molecule has 2 heterocycles. The van der Waals surface area contributed by atoms with E-state index in [4.69, 9.17) is 9.47 Å². The number of likely N-dealkylation sites (tertiary alicyclic amines) is 1. The predicted molar refractivity (Wildman–Crippen MR) is 50.9 cm³/mol. The molecule has 2 aliphatic heterocycles. The number of methoxy groups -OCH3 is 1. The van der Waals surface area contributed by atoms with Crippen LogP contribution in [0.15, 0.2) is 0 Å². The highest BCUT2D eigenvalue weighted by atomic mass is 16.5. The SMILES string of the molecule is COCCN1CCC2(CCCO2)C1. The molecule has 76 valence electrons. The molecule has 2 aliphatic rings. The van der Waals surface area contributed by atoms with Gasteiger partial charge in [0.05, 0.1) is 12.2 Å². The van der Waals surface area contributed by atoms with E-state index in [1.807, 2.05) is 0 Å². The average molecular weight is 185 g/mol. The number of nitrogens with zero attached hydrogens (tertiary/aromatic N) is 1. The summed E-state index contributed by atoms with van der Waals surface area (Å²) in [7, 11) is 1.76. The van der Waals surface area contributed by atoms with Crippen molar-refractivity contribution < 1.29 is 9.47 Å². The van der Waals surface area contributed by atoms with Gasteiger partial charge in [-0.3, -0.25) is 4.90 Å². The van der Waals surface area contributed by atoms with Crippen molar-refractivity contribution in [1.82, 2.24) is 4.90 Å². The summed E-state index contributed by atoms with van der Waals surface area (Å²) in [4.78, 5) is 2.45. The Labute approximate surface area is 80.0 Å². The zero-order chi connectivity index (χ0) is 9.15. The highest BCUT2D eigenvalue weighted by molar-refractivity contribution is 4.94. The first-order chi connectivity index (χ1) is 6.35. The molecule has 0 aromatic rings. The second-order valence-corrected chi connectivity index (χ2v) is 4.15. The first kappa shape index (κ1) is 9.44. The van der Waals surface area contributed by atoms with E-state index >= 15 is 0 Å². The molecule has 1 spiro atoms. The molecule has 0 aromatic heterocycles.